The van der Waals surface area contributed by atoms with Crippen LogP contribution in [0.3, 0.4) is 0 Å². The molecule has 186 valence electrons. The Balaban J connectivity index is 1.39. The Bertz CT molecular complexity index is 1500. The Hall–Kier alpha value is -3.34. The first kappa shape index (κ1) is 24.4. The van der Waals surface area contributed by atoms with Gasteiger partial charge in [-0.1, -0.05) is 48.5 Å². The van der Waals surface area contributed by atoms with Gasteiger partial charge >= 0.3 is 0 Å². The molecule has 1 saturated heterocycles. The molecule has 0 bridgehead atoms. The van der Waals surface area contributed by atoms with E-state index in [4.69, 9.17) is 0 Å². The van der Waals surface area contributed by atoms with E-state index >= 15 is 0 Å². The number of hydrogen-bond acceptors (Lipinski definition) is 7. The summed E-state index contributed by atoms with van der Waals surface area (Å²) >= 11 is 0.956. The number of sulfonamides is 1. The predicted molar refractivity (Wildman–Crippen MR) is 142 cm³/mol. The number of nitrogens with one attached hydrogen (secondary N) is 1. The first-order valence-corrected chi connectivity index (χ1v) is 13.9. The van der Waals surface area contributed by atoms with Gasteiger partial charge in [0.15, 0.2) is 0 Å². The Morgan fingerprint density at radius 2 is 1.69 bits per heavy atom. The minimum atomic E-state index is -4.06. The number of anilines is 1. The summed E-state index contributed by atoms with van der Waals surface area (Å²) in [4.78, 5) is 17.8. The number of aryl methyl sites for hydroxylation is 2. The van der Waals surface area contributed by atoms with E-state index < -0.39 is 16.1 Å². The summed E-state index contributed by atoms with van der Waals surface area (Å²) in [6.07, 6.45) is 0. The number of piperazine rings is 1. The number of rotatable bonds is 6. The van der Waals surface area contributed by atoms with Gasteiger partial charge in [-0.2, -0.15) is 13.5 Å². The molecule has 0 unspecified atom stereocenters. The van der Waals surface area contributed by atoms with Gasteiger partial charge in [0, 0.05) is 31.9 Å². The van der Waals surface area contributed by atoms with Gasteiger partial charge in [0.05, 0.1) is 11.7 Å². The fourth-order valence-electron chi connectivity index (χ4n) is 4.53. The summed E-state index contributed by atoms with van der Waals surface area (Å²) in [6.45, 7) is 6.51. The molecular formula is C26H27N5O3S2. The smallest absolute Gasteiger partial charge is 0.245 e. The van der Waals surface area contributed by atoms with Gasteiger partial charge in [0.25, 0.3) is 0 Å². The molecule has 0 radical (unpaired) electrons. The average Bonchev–Trinajstić information content (AvgIpc) is 3.38. The fourth-order valence-corrected chi connectivity index (χ4v) is 6.48. The van der Waals surface area contributed by atoms with Crippen LogP contribution in [0.2, 0.25) is 0 Å². The van der Waals surface area contributed by atoms with Crippen LogP contribution in [-0.2, 0) is 14.8 Å². The van der Waals surface area contributed by atoms with E-state index in [1.54, 1.807) is 41.3 Å². The van der Waals surface area contributed by atoms with Gasteiger partial charge in [-0.25, -0.2) is 8.42 Å². The molecule has 36 heavy (non-hydrogen) atoms. The number of fused-ring (bicyclic) bond motifs is 1. The Kier molecular flexibility index (Phi) is 6.74. The van der Waals surface area contributed by atoms with Gasteiger partial charge in [0.2, 0.25) is 15.9 Å². The maximum Gasteiger partial charge on any atom is 0.245 e. The first-order chi connectivity index (χ1) is 17.3. The van der Waals surface area contributed by atoms with Gasteiger partial charge in [-0.3, -0.25) is 4.79 Å². The zero-order chi connectivity index (χ0) is 25.3. The second-order valence-electron chi connectivity index (χ2n) is 8.96. The van der Waals surface area contributed by atoms with Crippen LogP contribution in [0, 0.1) is 13.8 Å². The number of carbonyl (C=O) groups excluding carboxylic acids is 1. The van der Waals surface area contributed by atoms with Gasteiger partial charge in [-0.05, 0) is 48.7 Å². The molecule has 3 aromatic carbocycles. The van der Waals surface area contributed by atoms with Crippen LogP contribution in [0.1, 0.15) is 22.7 Å². The second kappa shape index (κ2) is 9.96. The molecule has 1 aliphatic heterocycles. The van der Waals surface area contributed by atoms with Crippen molar-refractivity contribution in [1.82, 2.24) is 18.4 Å². The number of aromatic nitrogens is 2. The molecule has 8 nitrogen and oxygen atoms in total. The number of carbonyl (C=O) groups is 1. The van der Waals surface area contributed by atoms with E-state index in [0.29, 0.717) is 42.8 Å². The van der Waals surface area contributed by atoms with E-state index in [1.807, 2.05) is 6.07 Å². The highest BCUT2D eigenvalue weighted by atomic mass is 32.2. The molecule has 1 aliphatic rings. The standard InChI is InChI=1S/C26H27N5O3S2/c1-18-11-12-19(2)22(17-18)30-13-15-31(16-14-30)26(32)24(20-7-4-3-5-8-20)29-36(33,34)23-10-6-9-21-25(23)28-35-27-21/h3-12,17,24,29H,13-16H2,1-2H3/t24-/m1/s1. The van der Waals surface area contributed by atoms with Crippen molar-refractivity contribution < 1.29 is 13.2 Å². The van der Waals surface area contributed by atoms with Crippen molar-refractivity contribution in [3.63, 3.8) is 0 Å². The molecule has 0 saturated carbocycles. The molecule has 0 aliphatic carbocycles. The highest BCUT2D eigenvalue weighted by molar-refractivity contribution is 7.89. The molecule has 4 aromatic rings. The second-order valence-corrected chi connectivity index (χ2v) is 11.2. The van der Waals surface area contributed by atoms with Crippen LogP contribution in [0.25, 0.3) is 11.0 Å². The van der Waals surface area contributed by atoms with Crippen molar-refractivity contribution in [2.45, 2.75) is 24.8 Å². The van der Waals surface area contributed by atoms with Crippen molar-refractivity contribution >= 4 is 44.4 Å². The molecule has 5 rings (SSSR count). The zero-order valence-corrected chi connectivity index (χ0v) is 21.7. The molecule has 10 heteroatoms. The molecule has 1 fully saturated rings. The van der Waals surface area contributed by atoms with Gasteiger partial charge in [0.1, 0.15) is 22.0 Å². The SMILES string of the molecule is Cc1ccc(C)c(N2CCN(C(=O)[C@H](NS(=O)(=O)c3cccc4nsnc34)c3ccccc3)CC2)c1. The Morgan fingerprint density at radius 3 is 2.44 bits per heavy atom. The Labute approximate surface area is 214 Å². The lowest BCUT2D eigenvalue weighted by atomic mass is 10.1. The van der Waals surface area contributed by atoms with Crippen molar-refractivity contribution in [1.29, 1.82) is 0 Å². The minimum absolute atomic E-state index is 0.0159. The number of hydrogen-bond donors (Lipinski definition) is 1. The fraction of sp³-hybridized carbons (Fsp3) is 0.269. The maximum absolute atomic E-state index is 13.7. The number of nitrogens with zero attached hydrogens (tertiary/aromatic N) is 4. The van der Waals surface area contributed by atoms with Crippen molar-refractivity contribution in [2.24, 2.45) is 0 Å². The third kappa shape index (κ3) is 4.84. The minimum Gasteiger partial charge on any atom is -0.368 e. The molecule has 1 amide bonds. The normalized spacial score (nSPS) is 15.3. The van der Waals surface area contributed by atoms with Crippen molar-refractivity contribution in [3.8, 4) is 0 Å². The van der Waals surface area contributed by atoms with E-state index in [0.717, 1.165) is 11.7 Å². The molecule has 2 heterocycles. The van der Waals surface area contributed by atoms with Crippen LogP contribution in [0.15, 0.2) is 71.6 Å². The van der Waals surface area contributed by atoms with Gasteiger partial charge < -0.3 is 9.80 Å². The quantitative estimate of drug-likeness (QED) is 0.416. The largest absolute Gasteiger partial charge is 0.368 e. The Morgan fingerprint density at radius 1 is 0.944 bits per heavy atom. The van der Waals surface area contributed by atoms with Crippen LogP contribution >= 0.6 is 11.7 Å². The summed E-state index contributed by atoms with van der Waals surface area (Å²) in [5, 5.41) is 0. The first-order valence-electron chi connectivity index (χ1n) is 11.7. The van der Waals surface area contributed by atoms with E-state index in [1.165, 1.54) is 22.9 Å². The van der Waals surface area contributed by atoms with E-state index in [9.17, 15) is 13.2 Å². The molecule has 1 atom stereocenters. The summed E-state index contributed by atoms with van der Waals surface area (Å²) in [7, 11) is -4.06. The summed E-state index contributed by atoms with van der Waals surface area (Å²) in [5.74, 6) is -0.269. The monoisotopic (exact) mass is 521 g/mol. The lowest BCUT2D eigenvalue weighted by molar-refractivity contribution is -0.133. The topological polar surface area (TPSA) is 95.5 Å². The summed E-state index contributed by atoms with van der Waals surface area (Å²) in [6, 6.07) is 19.1. The summed E-state index contributed by atoms with van der Waals surface area (Å²) in [5.41, 5.74) is 4.96. The van der Waals surface area contributed by atoms with Crippen molar-refractivity contribution in [3.05, 3.63) is 83.4 Å². The molecule has 1 N–H and O–H groups in total. The van der Waals surface area contributed by atoms with Crippen LogP contribution in [0.5, 0.6) is 0 Å². The molecular weight excluding hydrogens is 494 g/mol. The highest BCUT2D eigenvalue weighted by Crippen LogP contribution is 2.27. The van der Waals surface area contributed by atoms with Crippen LogP contribution in [-0.4, -0.2) is 54.2 Å². The lowest BCUT2D eigenvalue weighted by Gasteiger charge is -2.38. The zero-order valence-electron chi connectivity index (χ0n) is 20.1. The predicted octanol–water partition coefficient (Wildman–Crippen LogP) is 3.68. The van der Waals surface area contributed by atoms with Gasteiger partial charge in [-0.15, -0.1) is 0 Å². The average molecular weight is 522 g/mol. The lowest BCUT2D eigenvalue weighted by Crippen LogP contribution is -2.52. The van der Waals surface area contributed by atoms with Crippen molar-refractivity contribution in [2.75, 3.05) is 31.1 Å². The molecule has 0 spiro atoms. The van der Waals surface area contributed by atoms with Crippen LogP contribution in [0.4, 0.5) is 5.69 Å². The van der Waals surface area contributed by atoms with Crippen LogP contribution < -0.4 is 9.62 Å². The third-order valence-electron chi connectivity index (χ3n) is 6.49. The molecule has 1 aromatic heterocycles. The number of benzene rings is 3. The third-order valence-corrected chi connectivity index (χ3v) is 8.49. The van der Waals surface area contributed by atoms with E-state index in [-0.39, 0.29) is 10.8 Å². The number of amides is 1. The highest BCUT2D eigenvalue weighted by Gasteiger charge is 2.33. The van der Waals surface area contributed by atoms with E-state index in [2.05, 4.69) is 50.4 Å². The summed E-state index contributed by atoms with van der Waals surface area (Å²) < 4.78 is 37.9. The maximum atomic E-state index is 13.7.